The van der Waals surface area contributed by atoms with E-state index in [-0.39, 0.29) is 5.92 Å². The van der Waals surface area contributed by atoms with Crippen molar-refractivity contribution >= 4 is 29.0 Å². The van der Waals surface area contributed by atoms with Crippen LogP contribution in [-0.4, -0.2) is 30.3 Å². The van der Waals surface area contributed by atoms with Crippen molar-refractivity contribution in [3.05, 3.63) is 10.6 Å². The van der Waals surface area contributed by atoms with Crippen LogP contribution in [0.25, 0.3) is 0 Å². The minimum atomic E-state index is 0.184. The highest BCUT2D eigenvalue weighted by molar-refractivity contribution is 6.36. The average molecular weight is 236 g/mol. The molecule has 1 rings (SSSR count). The zero-order valence-electron chi connectivity index (χ0n) is 8.30. The molecule has 4 heteroatoms. The first-order chi connectivity index (χ1) is 6.67. The fourth-order valence-corrected chi connectivity index (χ4v) is 1.96. The number of hydrogen-bond donors (Lipinski definition) is 0. The van der Waals surface area contributed by atoms with Gasteiger partial charge in [-0.05, 0) is 6.42 Å². The molecule has 1 aliphatic heterocycles. The first-order valence-corrected chi connectivity index (χ1v) is 5.68. The van der Waals surface area contributed by atoms with Crippen molar-refractivity contribution in [2.45, 2.75) is 19.8 Å². The molecule has 0 radical (unpaired) electrons. The van der Waals surface area contributed by atoms with Gasteiger partial charge in [-0.3, -0.25) is 9.69 Å². The van der Waals surface area contributed by atoms with E-state index >= 15 is 0 Å². The lowest BCUT2D eigenvalue weighted by molar-refractivity contribution is -0.126. The van der Waals surface area contributed by atoms with Gasteiger partial charge in [0.25, 0.3) is 0 Å². The summed E-state index contributed by atoms with van der Waals surface area (Å²) in [6, 6.07) is 0. The standard InChI is InChI=1S/C10H15Cl2NO/c1-2-8-6-13(4-3-10(8)14)7-9(12)5-11/h5,8H,2-4,6-7H2,1H3. The normalized spacial score (nSPS) is 25.5. The fourth-order valence-electron chi connectivity index (χ4n) is 1.73. The molecule has 0 amide bonds. The topological polar surface area (TPSA) is 20.3 Å². The van der Waals surface area contributed by atoms with Gasteiger partial charge in [0.1, 0.15) is 5.78 Å². The Kier molecular flexibility index (Phi) is 4.93. The van der Waals surface area contributed by atoms with E-state index in [1.165, 1.54) is 5.54 Å². The highest BCUT2D eigenvalue weighted by Gasteiger charge is 2.25. The van der Waals surface area contributed by atoms with Crippen molar-refractivity contribution in [3.63, 3.8) is 0 Å². The molecule has 1 aliphatic rings. The Bertz CT molecular complexity index is 240. The van der Waals surface area contributed by atoms with Gasteiger partial charge in [0.15, 0.2) is 0 Å². The zero-order chi connectivity index (χ0) is 10.6. The number of carbonyl (C=O) groups excluding carboxylic acids is 1. The Labute approximate surface area is 94.9 Å². The molecule has 2 nitrogen and oxygen atoms in total. The van der Waals surface area contributed by atoms with E-state index in [1.807, 2.05) is 6.92 Å². The maximum atomic E-state index is 11.4. The van der Waals surface area contributed by atoms with Crippen molar-refractivity contribution < 1.29 is 4.79 Å². The first kappa shape index (κ1) is 12.0. The van der Waals surface area contributed by atoms with Crippen LogP contribution in [0.1, 0.15) is 19.8 Å². The van der Waals surface area contributed by atoms with Crippen molar-refractivity contribution in [2.24, 2.45) is 5.92 Å². The summed E-state index contributed by atoms with van der Waals surface area (Å²) in [6.07, 6.45) is 1.56. The Morgan fingerprint density at radius 3 is 3.00 bits per heavy atom. The maximum absolute atomic E-state index is 11.4. The van der Waals surface area contributed by atoms with Gasteiger partial charge in [-0.25, -0.2) is 0 Å². The van der Waals surface area contributed by atoms with E-state index < -0.39 is 0 Å². The summed E-state index contributed by atoms with van der Waals surface area (Å²) in [6.45, 7) is 4.33. The molecule has 0 aromatic rings. The SMILES string of the molecule is CCC1CN(CC(Cl)=CCl)CCC1=O. The zero-order valence-corrected chi connectivity index (χ0v) is 9.81. The third-order valence-electron chi connectivity index (χ3n) is 2.59. The van der Waals surface area contributed by atoms with Crippen LogP contribution in [-0.2, 0) is 4.79 Å². The Morgan fingerprint density at radius 1 is 1.71 bits per heavy atom. The van der Waals surface area contributed by atoms with Crippen molar-refractivity contribution in [1.29, 1.82) is 0 Å². The molecule has 1 heterocycles. The van der Waals surface area contributed by atoms with E-state index in [0.29, 0.717) is 23.8 Å². The van der Waals surface area contributed by atoms with Crippen LogP contribution in [0.5, 0.6) is 0 Å². The fraction of sp³-hybridized carbons (Fsp3) is 0.700. The number of halogens is 2. The molecule has 0 saturated carbocycles. The number of likely N-dealkylation sites (tertiary alicyclic amines) is 1. The number of carbonyl (C=O) groups is 1. The van der Waals surface area contributed by atoms with Crippen LogP contribution in [0.4, 0.5) is 0 Å². The summed E-state index contributed by atoms with van der Waals surface area (Å²) in [5.74, 6) is 0.568. The highest BCUT2D eigenvalue weighted by Crippen LogP contribution is 2.18. The lowest BCUT2D eigenvalue weighted by Gasteiger charge is -2.30. The van der Waals surface area contributed by atoms with Crippen molar-refractivity contribution in [1.82, 2.24) is 4.90 Å². The molecule has 0 spiro atoms. The van der Waals surface area contributed by atoms with E-state index in [1.54, 1.807) is 0 Å². The molecule has 0 aromatic carbocycles. The van der Waals surface area contributed by atoms with Gasteiger partial charge in [-0.2, -0.15) is 0 Å². The predicted molar refractivity (Wildman–Crippen MR) is 59.6 cm³/mol. The minimum Gasteiger partial charge on any atom is -0.299 e. The molecule has 80 valence electrons. The van der Waals surface area contributed by atoms with Crippen LogP contribution >= 0.6 is 23.2 Å². The van der Waals surface area contributed by atoms with E-state index in [2.05, 4.69) is 4.90 Å². The Morgan fingerprint density at radius 2 is 2.43 bits per heavy atom. The predicted octanol–water partition coefficient (Wildman–Crippen LogP) is 2.61. The molecule has 0 aliphatic carbocycles. The van der Waals surface area contributed by atoms with Gasteiger partial charge in [-0.15, -0.1) is 0 Å². The van der Waals surface area contributed by atoms with Crippen LogP contribution in [0.2, 0.25) is 0 Å². The molecular formula is C10H15Cl2NO. The van der Waals surface area contributed by atoms with Gasteiger partial charge >= 0.3 is 0 Å². The Hall–Kier alpha value is -0.0500. The van der Waals surface area contributed by atoms with Crippen LogP contribution in [0.3, 0.4) is 0 Å². The highest BCUT2D eigenvalue weighted by atomic mass is 35.5. The summed E-state index contributed by atoms with van der Waals surface area (Å²) in [7, 11) is 0. The lowest BCUT2D eigenvalue weighted by Crippen LogP contribution is -2.41. The molecule has 1 fully saturated rings. The maximum Gasteiger partial charge on any atom is 0.138 e. The Balaban J connectivity index is 2.46. The van der Waals surface area contributed by atoms with Gasteiger partial charge in [0, 0.05) is 42.5 Å². The van der Waals surface area contributed by atoms with Crippen LogP contribution in [0, 0.1) is 5.92 Å². The van der Waals surface area contributed by atoms with Crippen LogP contribution in [0.15, 0.2) is 10.6 Å². The summed E-state index contributed by atoms with van der Waals surface area (Å²) < 4.78 is 0. The van der Waals surface area contributed by atoms with Crippen molar-refractivity contribution in [3.8, 4) is 0 Å². The summed E-state index contributed by atoms with van der Waals surface area (Å²) >= 11 is 11.3. The number of ketones is 1. The summed E-state index contributed by atoms with van der Waals surface area (Å²) in [5.41, 5.74) is 1.39. The molecule has 1 saturated heterocycles. The lowest BCUT2D eigenvalue weighted by atomic mass is 9.94. The average Bonchev–Trinajstić information content (AvgIpc) is 2.20. The second-order valence-corrected chi connectivity index (χ2v) is 4.32. The molecule has 1 unspecified atom stereocenters. The van der Waals surface area contributed by atoms with Crippen LogP contribution < -0.4 is 0 Å². The van der Waals surface area contributed by atoms with Gasteiger partial charge in [-0.1, -0.05) is 30.1 Å². The third-order valence-corrected chi connectivity index (χ3v) is 3.20. The molecular weight excluding hydrogens is 221 g/mol. The summed E-state index contributed by atoms with van der Waals surface area (Å²) in [4.78, 5) is 13.6. The largest absolute Gasteiger partial charge is 0.299 e. The first-order valence-electron chi connectivity index (χ1n) is 4.87. The number of rotatable bonds is 3. The monoisotopic (exact) mass is 235 g/mol. The van der Waals surface area contributed by atoms with E-state index in [4.69, 9.17) is 23.2 Å². The number of hydrogen-bond acceptors (Lipinski definition) is 2. The quantitative estimate of drug-likeness (QED) is 0.750. The minimum absolute atomic E-state index is 0.184. The second-order valence-electron chi connectivity index (χ2n) is 3.61. The summed E-state index contributed by atoms with van der Waals surface area (Å²) in [5, 5.41) is 0.635. The third kappa shape index (κ3) is 3.26. The van der Waals surface area contributed by atoms with Crippen molar-refractivity contribution in [2.75, 3.05) is 19.6 Å². The molecule has 14 heavy (non-hydrogen) atoms. The van der Waals surface area contributed by atoms with E-state index in [0.717, 1.165) is 19.5 Å². The second kappa shape index (κ2) is 5.74. The van der Waals surface area contributed by atoms with E-state index in [9.17, 15) is 4.79 Å². The molecule has 0 bridgehead atoms. The van der Waals surface area contributed by atoms with Gasteiger partial charge in [0.2, 0.25) is 0 Å². The molecule has 1 atom stereocenters. The number of Topliss-reactive ketones (excluding diaryl/α,β-unsaturated/α-hetero) is 1. The number of piperidine rings is 1. The number of nitrogens with zero attached hydrogens (tertiary/aromatic N) is 1. The smallest absolute Gasteiger partial charge is 0.138 e. The molecule has 0 aromatic heterocycles. The molecule has 0 N–H and O–H groups in total. The van der Waals surface area contributed by atoms with Gasteiger partial charge < -0.3 is 0 Å². The van der Waals surface area contributed by atoms with Gasteiger partial charge in [0.05, 0.1) is 0 Å².